The Balaban J connectivity index is 2.02. The summed E-state index contributed by atoms with van der Waals surface area (Å²) < 4.78 is 0. The van der Waals surface area contributed by atoms with E-state index in [1.807, 2.05) is 0 Å². The van der Waals surface area contributed by atoms with Crippen molar-refractivity contribution >= 4 is 0 Å². The van der Waals surface area contributed by atoms with Crippen LogP contribution in [0.3, 0.4) is 0 Å². The average molecular weight is 211 g/mol. The minimum Gasteiger partial charge on any atom is -0.304 e. The van der Waals surface area contributed by atoms with Gasteiger partial charge in [0.1, 0.15) is 0 Å². The summed E-state index contributed by atoms with van der Waals surface area (Å²) in [5.41, 5.74) is 0. The van der Waals surface area contributed by atoms with E-state index in [4.69, 9.17) is 0 Å². The van der Waals surface area contributed by atoms with Gasteiger partial charge in [0, 0.05) is 6.04 Å². The molecule has 3 unspecified atom stereocenters. The lowest BCUT2D eigenvalue weighted by Crippen LogP contribution is -2.29. The Kier molecular flexibility index (Phi) is 5.66. The SMILES string of the molecule is CCCCC1CC1CCN(C)C(C)CC. The molecule has 0 amide bonds. The first-order valence-electron chi connectivity index (χ1n) is 6.89. The Hall–Kier alpha value is -0.0400. The summed E-state index contributed by atoms with van der Waals surface area (Å²) in [5.74, 6) is 2.17. The molecule has 0 bridgehead atoms. The first kappa shape index (κ1) is 13.0. The maximum atomic E-state index is 2.52. The van der Waals surface area contributed by atoms with Crippen molar-refractivity contribution in [1.29, 1.82) is 0 Å². The zero-order chi connectivity index (χ0) is 11.3. The van der Waals surface area contributed by atoms with Gasteiger partial charge in [-0.3, -0.25) is 0 Å². The maximum Gasteiger partial charge on any atom is 0.00612 e. The minimum absolute atomic E-state index is 0.762. The summed E-state index contributed by atoms with van der Waals surface area (Å²) in [6.45, 7) is 8.22. The predicted octanol–water partition coefficient (Wildman–Crippen LogP) is 3.93. The number of hydrogen-bond acceptors (Lipinski definition) is 1. The Bertz CT molecular complexity index is 167. The first-order valence-corrected chi connectivity index (χ1v) is 6.89. The van der Waals surface area contributed by atoms with Gasteiger partial charge in [-0.2, -0.15) is 0 Å². The van der Waals surface area contributed by atoms with Crippen molar-refractivity contribution in [2.75, 3.05) is 13.6 Å². The van der Waals surface area contributed by atoms with E-state index in [2.05, 4.69) is 32.7 Å². The molecule has 1 aliphatic rings. The van der Waals surface area contributed by atoms with Gasteiger partial charge in [-0.05, 0) is 51.6 Å². The Morgan fingerprint density at radius 3 is 2.47 bits per heavy atom. The average Bonchev–Trinajstić information content (AvgIpc) is 3.00. The molecule has 1 saturated carbocycles. The lowest BCUT2D eigenvalue weighted by molar-refractivity contribution is 0.243. The zero-order valence-corrected chi connectivity index (χ0v) is 11.1. The van der Waals surface area contributed by atoms with E-state index < -0.39 is 0 Å². The van der Waals surface area contributed by atoms with Crippen LogP contribution in [-0.4, -0.2) is 24.5 Å². The highest BCUT2D eigenvalue weighted by Crippen LogP contribution is 2.44. The van der Waals surface area contributed by atoms with E-state index in [-0.39, 0.29) is 0 Å². The molecule has 1 aliphatic carbocycles. The monoisotopic (exact) mass is 211 g/mol. The van der Waals surface area contributed by atoms with E-state index >= 15 is 0 Å². The summed E-state index contributed by atoms with van der Waals surface area (Å²) >= 11 is 0. The highest BCUT2D eigenvalue weighted by Gasteiger charge is 2.35. The van der Waals surface area contributed by atoms with Crippen molar-refractivity contribution in [3.63, 3.8) is 0 Å². The van der Waals surface area contributed by atoms with Gasteiger partial charge in [0.15, 0.2) is 0 Å². The van der Waals surface area contributed by atoms with Gasteiger partial charge in [-0.15, -0.1) is 0 Å². The maximum absolute atomic E-state index is 2.52. The molecule has 0 saturated heterocycles. The Morgan fingerprint density at radius 1 is 1.20 bits per heavy atom. The van der Waals surface area contributed by atoms with E-state index in [1.165, 1.54) is 45.1 Å². The summed E-state index contributed by atoms with van der Waals surface area (Å²) in [6.07, 6.45) is 8.55. The molecule has 1 nitrogen and oxygen atoms in total. The van der Waals surface area contributed by atoms with Crippen LogP contribution in [0.1, 0.15) is 59.3 Å². The molecule has 3 atom stereocenters. The molecule has 0 spiro atoms. The highest BCUT2D eigenvalue weighted by atomic mass is 15.1. The number of nitrogens with zero attached hydrogens (tertiary/aromatic N) is 1. The zero-order valence-electron chi connectivity index (χ0n) is 11.1. The third-order valence-electron chi connectivity index (χ3n) is 4.19. The fourth-order valence-electron chi connectivity index (χ4n) is 2.39. The lowest BCUT2D eigenvalue weighted by Gasteiger charge is -2.23. The van der Waals surface area contributed by atoms with Crippen LogP contribution >= 0.6 is 0 Å². The highest BCUT2D eigenvalue weighted by molar-refractivity contribution is 4.86. The van der Waals surface area contributed by atoms with E-state index in [9.17, 15) is 0 Å². The van der Waals surface area contributed by atoms with E-state index in [0.29, 0.717) is 0 Å². The van der Waals surface area contributed by atoms with Gasteiger partial charge in [0.2, 0.25) is 0 Å². The molecule has 0 aliphatic heterocycles. The van der Waals surface area contributed by atoms with Crippen LogP contribution < -0.4 is 0 Å². The minimum atomic E-state index is 0.762. The van der Waals surface area contributed by atoms with Crippen LogP contribution in [0.15, 0.2) is 0 Å². The molecule has 1 heteroatoms. The topological polar surface area (TPSA) is 3.24 Å². The Morgan fingerprint density at radius 2 is 1.87 bits per heavy atom. The Labute approximate surface area is 96.2 Å². The predicted molar refractivity (Wildman–Crippen MR) is 68.1 cm³/mol. The first-order chi connectivity index (χ1) is 7.19. The molecule has 90 valence electrons. The molecule has 0 aromatic heterocycles. The summed E-state index contributed by atoms with van der Waals surface area (Å²) in [7, 11) is 2.28. The third-order valence-corrected chi connectivity index (χ3v) is 4.19. The standard InChI is InChI=1S/C14H29N/c1-5-7-8-13-11-14(13)9-10-15(4)12(3)6-2/h12-14H,5-11H2,1-4H3. The van der Waals surface area contributed by atoms with Crippen LogP contribution in [0.25, 0.3) is 0 Å². The van der Waals surface area contributed by atoms with Gasteiger partial charge in [0.05, 0.1) is 0 Å². The third kappa shape index (κ3) is 4.55. The second-order valence-electron chi connectivity index (χ2n) is 5.42. The van der Waals surface area contributed by atoms with Crippen molar-refractivity contribution in [3.05, 3.63) is 0 Å². The van der Waals surface area contributed by atoms with Crippen molar-refractivity contribution < 1.29 is 0 Å². The van der Waals surface area contributed by atoms with Gasteiger partial charge >= 0.3 is 0 Å². The number of hydrogen-bond donors (Lipinski definition) is 0. The van der Waals surface area contributed by atoms with Crippen LogP contribution in [0.2, 0.25) is 0 Å². The molecule has 0 aromatic carbocycles. The summed E-state index contributed by atoms with van der Waals surface area (Å²) in [5, 5.41) is 0. The molecule has 1 fully saturated rings. The molecule has 15 heavy (non-hydrogen) atoms. The van der Waals surface area contributed by atoms with Crippen molar-refractivity contribution in [1.82, 2.24) is 4.90 Å². The fourth-order valence-corrected chi connectivity index (χ4v) is 2.39. The summed E-state index contributed by atoms with van der Waals surface area (Å²) in [6, 6.07) is 0.762. The molecule has 0 aromatic rings. The van der Waals surface area contributed by atoms with Crippen LogP contribution in [0.4, 0.5) is 0 Å². The second-order valence-corrected chi connectivity index (χ2v) is 5.42. The van der Waals surface area contributed by atoms with Crippen molar-refractivity contribution in [2.45, 2.75) is 65.3 Å². The number of unbranched alkanes of at least 4 members (excludes halogenated alkanes) is 1. The van der Waals surface area contributed by atoms with Crippen molar-refractivity contribution in [3.8, 4) is 0 Å². The van der Waals surface area contributed by atoms with Crippen LogP contribution in [0.5, 0.6) is 0 Å². The van der Waals surface area contributed by atoms with Gasteiger partial charge in [0.25, 0.3) is 0 Å². The largest absolute Gasteiger partial charge is 0.304 e. The fraction of sp³-hybridized carbons (Fsp3) is 1.00. The molecular formula is C14H29N. The van der Waals surface area contributed by atoms with Gasteiger partial charge in [-0.25, -0.2) is 0 Å². The summed E-state index contributed by atoms with van der Waals surface area (Å²) in [4.78, 5) is 2.52. The lowest BCUT2D eigenvalue weighted by atomic mass is 10.1. The molecule has 0 heterocycles. The van der Waals surface area contributed by atoms with E-state index in [0.717, 1.165) is 17.9 Å². The molecule has 1 rings (SSSR count). The van der Waals surface area contributed by atoms with E-state index in [1.54, 1.807) is 0 Å². The smallest absolute Gasteiger partial charge is 0.00612 e. The quantitative estimate of drug-likeness (QED) is 0.588. The number of rotatable bonds is 8. The van der Waals surface area contributed by atoms with Crippen LogP contribution in [0, 0.1) is 11.8 Å². The van der Waals surface area contributed by atoms with Gasteiger partial charge in [-0.1, -0.05) is 33.1 Å². The second kappa shape index (κ2) is 6.52. The normalized spacial score (nSPS) is 27.0. The van der Waals surface area contributed by atoms with Crippen molar-refractivity contribution in [2.24, 2.45) is 11.8 Å². The van der Waals surface area contributed by atoms with Gasteiger partial charge < -0.3 is 4.90 Å². The molecular weight excluding hydrogens is 182 g/mol. The van der Waals surface area contributed by atoms with Crippen LogP contribution in [-0.2, 0) is 0 Å². The molecule has 0 radical (unpaired) electrons. The molecule has 0 N–H and O–H groups in total.